The number of ketones is 1. The van der Waals surface area contributed by atoms with Gasteiger partial charge in [0, 0.05) is 19.7 Å². The predicted molar refractivity (Wildman–Crippen MR) is 67.1 cm³/mol. The molecule has 88 valence electrons. The minimum atomic E-state index is 0.0647. The van der Waals surface area contributed by atoms with Gasteiger partial charge in [0.15, 0.2) is 5.78 Å². The lowest BCUT2D eigenvalue weighted by atomic mass is 10.0. The highest BCUT2D eigenvalue weighted by Gasteiger charge is 2.09. The molecule has 0 atom stereocenters. The first-order chi connectivity index (χ1) is 8.19. The maximum atomic E-state index is 11.9. The Morgan fingerprint density at radius 1 is 1.24 bits per heavy atom. The van der Waals surface area contributed by atoms with Crippen molar-refractivity contribution in [3.8, 4) is 0 Å². The molecule has 0 saturated carbocycles. The highest BCUT2D eigenvalue weighted by molar-refractivity contribution is 5.95. The zero-order valence-corrected chi connectivity index (χ0v) is 10.2. The average molecular weight is 228 g/mol. The first-order valence-electron chi connectivity index (χ1n) is 5.78. The Bertz CT molecular complexity index is 511. The molecule has 3 nitrogen and oxygen atoms in total. The van der Waals surface area contributed by atoms with Crippen molar-refractivity contribution >= 4 is 5.78 Å². The van der Waals surface area contributed by atoms with Crippen molar-refractivity contribution in [2.75, 3.05) is 0 Å². The van der Waals surface area contributed by atoms with Gasteiger partial charge in [0.2, 0.25) is 0 Å². The molecule has 17 heavy (non-hydrogen) atoms. The smallest absolute Gasteiger partial charge is 0.187 e. The lowest BCUT2D eigenvalue weighted by Gasteiger charge is -2.01. The summed E-state index contributed by atoms with van der Waals surface area (Å²) in [6, 6.07) is 8.17. The molecule has 0 N–H and O–H groups in total. The van der Waals surface area contributed by atoms with Crippen LogP contribution >= 0.6 is 0 Å². The highest BCUT2D eigenvalue weighted by atomic mass is 16.1. The van der Waals surface area contributed by atoms with Crippen LogP contribution in [0.15, 0.2) is 36.8 Å². The molecule has 0 saturated heterocycles. The second-order valence-electron chi connectivity index (χ2n) is 4.19. The number of carbonyl (C=O) groups excluding carboxylic acids is 1. The topological polar surface area (TPSA) is 34.9 Å². The van der Waals surface area contributed by atoms with E-state index < -0.39 is 0 Å². The van der Waals surface area contributed by atoms with Crippen LogP contribution in [-0.4, -0.2) is 15.3 Å². The Morgan fingerprint density at radius 2 is 1.88 bits per heavy atom. The number of carbonyl (C=O) groups is 1. The number of nitrogens with zero attached hydrogens (tertiary/aromatic N) is 2. The summed E-state index contributed by atoms with van der Waals surface area (Å²) in [5.41, 5.74) is 2.86. The van der Waals surface area contributed by atoms with Gasteiger partial charge < -0.3 is 4.57 Å². The molecule has 1 heterocycles. The third-order valence-corrected chi connectivity index (χ3v) is 2.79. The van der Waals surface area contributed by atoms with Crippen LogP contribution in [0.2, 0.25) is 0 Å². The van der Waals surface area contributed by atoms with Crippen molar-refractivity contribution < 1.29 is 4.79 Å². The van der Waals surface area contributed by atoms with Crippen molar-refractivity contribution in [1.82, 2.24) is 9.55 Å². The van der Waals surface area contributed by atoms with Crippen molar-refractivity contribution in [1.29, 1.82) is 0 Å². The molecular weight excluding hydrogens is 212 g/mol. The largest absolute Gasteiger partial charge is 0.340 e. The van der Waals surface area contributed by atoms with Gasteiger partial charge in [0.25, 0.3) is 0 Å². The molecule has 0 fully saturated rings. The van der Waals surface area contributed by atoms with Gasteiger partial charge in [-0.05, 0) is 17.5 Å². The standard InChI is InChI=1S/C14H16N2O/c1-3-11-4-6-12(7-5-11)8-14(17)13-9-16(2)10-15-13/h4-7,9-10H,3,8H2,1-2H3. The molecule has 0 bridgehead atoms. The molecule has 1 aromatic heterocycles. The summed E-state index contributed by atoms with van der Waals surface area (Å²) in [5, 5.41) is 0. The fourth-order valence-corrected chi connectivity index (χ4v) is 1.73. The molecule has 0 aliphatic heterocycles. The van der Waals surface area contributed by atoms with Crippen molar-refractivity contribution in [2.45, 2.75) is 19.8 Å². The Labute approximate surface area is 101 Å². The quantitative estimate of drug-likeness (QED) is 0.753. The SMILES string of the molecule is CCc1ccc(CC(=O)c2cn(C)cn2)cc1. The van der Waals surface area contributed by atoms with Crippen LogP contribution in [0.3, 0.4) is 0 Å². The predicted octanol–water partition coefficient (Wildman–Crippen LogP) is 2.41. The normalized spacial score (nSPS) is 10.5. The van der Waals surface area contributed by atoms with Crippen molar-refractivity contribution in [2.24, 2.45) is 7.05 Å². The maximum absolute atomic E-state index is 11.9. The van der Waals surface area contributed by atoms with E-state index in [1.165, 1.54) is 5.56 Å². The van der Waals surface area contributed by atoms with Crippen LogP contribution in [-0.2, 0) is 19.9 Å². The average Bonchev–Trinajstić information content (AvgIpc) is 2.77. The molecule has 0 amide bonds. The van der Waals surface area contributed by atoms with Crippen LogP contribution in [0.5, 0.6) is 0 Å². The van der Waals surface area contributed by atoms with E-state index >= 15 is 0 Å². The second-order valence-corrected chi connectivity index (χ2v) is 4.19. The van der Waals surface area contributed by atoms with E-state index in [2.05, 4.69) is 24.0 Å². The molecule has 0 radical (unpaired) electrons. The molecule has 0 unspecified atom stereocenters. The lowest BCUT2D eigenvalue weighted by molar-refractivity contribution is 0.0988. The summed E-state index contributed by atoms with van der Waals surface area (Å²) in [7, 11) is 1.86. The summed E-state index contributed by atoms with van der Waals surface area (Å²) in [4.78, 5) is 16.0. The number of aryl methyl sites for hydroxylation is 2. The van der Waals surface area contributed by atoms with E-state index in [1.807, 2.05) is 19.2 Å². The van der Waals surface area contributed by atoms with Crippen LogP contribution in [0.1, 0.15) is 28.5 Å². The highest BCUT2D eigenvalue weighted by Crippen LogP contribution is 2.08. The molecule has 0 aliphatic rings. The van der Waals surface area contributed by atoms with E-state index in [9.17, 15) is 4.79 Å². The number of rotatable bonds is 4. The van der Waals surface area contributed by atoms with E-state index in [0.717, 1.165) is 12.0 Å². The summed E-state index contributed by atoms with van der Waals surface area (Å²) in [5.74, 6) is 0.0647. The summed E-state index contributed by atoms with van der Waals surface area (Å²) in [6.45, 7) is 2.12. The fourth-order valence-electron chi connectivity index (χ4n) is 1.73. The van der Waals surface area contributed by atoms with Gasteiger partial charge >= 0.3 is 0 Å². The zero-order valence-electron chi connectivity index (χ0n) is 10.2. The maximum Gasteiger partial charge on any atom is 0.187 e. The van der Waals surface area contributed by atoms with Gasteiger partial charge in [-0.2, -0.15) is 0 Å². The second kappa shape index (κ2) is 4.95. The number of imidazole rings is 1. The Kier molecular flexibility index (Phi) is 3.38. The zero-order chi connectivity index (χ0) is 12.3. The number of aromatic nitrogens is 2. The first-order valence-corrected chi connectivity index (χ1v) is 5.78. The van der Waals surface area contributed by atoms with Gasteiger partial charge in [0.05, 0.1) is 6.33 Å². The summed E-state index contributed by atoms with van der Waals surface area (Å²) in [6.07, 6.45) is 4.84. The molecule has 0 spiro atoms. The minimum absolute atomic E-state index is 0.0647. The van der Waals surface area contributed by atoms with Crippen LogP contribution in [0.4, 0.5) is 0 Å². The molecular formula is C14H16N2O. The van der Waals surface area contributed by atoms with Gasteiger partial charge in [-0.25, -0.2) is 4.98 Å². The Balaban J connectivity index is 2.07. The molecule has 3 heteroatoms. The number of hydrogen-bond acceptors (Lipinski definition) is 2. The number of Topliss-reactive ketones (excluding diaryl/α,β-unsaturated/α-hetero) is 1. The molecule has 2 aromatic rings. The number of hydrogen-bond donors (Lipinski definition) is 0. The van der Waals surface area contributed by atoms with Crippen molar-refractivity contribution in [3.05, 3.63) is 53.6 Å². The van der Waals surface area contributed by atoms with Crippen molar-refractivity contribution in [3.63, 3.8) is 0 Å². The van der Waals surface area contributed by atoms with Crippen LogP contribution in [0.25, 0.3) is 0 Å². The Hall–Kier alpha value is -1.90. The van der Waals surface area contributed by atoms with Crippen LogP contribution < -0.4 is 0 Å². The summed E-state index contributed by atoms with van der Waals surface area (Å²) < 4.78 is 1.79. The molecule has 2 rings (SSSR count). The molecule has 1 aromatic carbocycles. The monoisotopic (exact) mass is 228 g/mol. The van der Waals surface area contributed by atoms with Crippen LogP contribution in [0, 0.1) is 0 Å². The minimum Gasteiger partial charge on any atom is -0.340 e. The summed E-state index contributed by atoms with van der Waals surface area (Å²) >= 11 is 0. The third kappa shape index (κ3) is 2.81. The van der Waals surface area contributed by atoms with E-state index in [-0.39, 0.29) is 5.78 Å². The van der Waals surface area contributed by atoms with E-state index in [0.29, 0.717) is 12.1 Å². The van der Waals surface area contributed by atoms with Gasteiger partial charge in [-0.3, -0.25) is 4.79 Å². The molecule has 0 aliphatic carbocycles. The third-order valence-electron chi connectivity index (χ3n) is 2.79. The first kappa shape index (κ1) is 11.6. The van der Waals surface area contributed by atoms with Gasteiger partial charge in [-0.15, -0.1) is 0 Å². The van der Waals surface area contributed by atoms with E-state index in [1.54, 1.807) is 17.1 Å². The Morgan fingerprint density at radius 3 is 2.41 bits per heavy atom. The van der Waals surface area contributed by atoms with Gasteiger partial charge in [0.1, 0.15) is 5.69 Å². The van der Waals surface area contributed by atoms with Gasteiger partial charge in [-0.1, -0.05) is 31.2 Å². The van der Waals surface area contributed by atoms with E-state index in [4.69, 9.17) is 0 Å². The lowest BCUT2D eigenvalue weighted by Crippen LogP contribution is -2.04. The number of benzene rings is 1. The fraction of sp³-hybridized carbons (Fsp3) is 0.286.